The van der Waals surface area contributed by atoms with E-state index in [1.54, 1.807) is 6.33 Å². The van der Waals surface area contributed by atoms with Gasteiger partial charge in [0.1, 0.15) is 17.7 Å². The van der Waals surface area contributed by atoms with Gasteiger partial charge in [0.15, 0.2) is 0 Å². The summed E-state index contributed by atoms with van der Waals surface area (Å²) in [6.07, 6.45) is 6.58. The van der Waals surface area contributed by atoms with Crippen molar-refractivity contribution in [2.45, 2.75) is 37.6 Å². The van der Waals surface area contributed by atoms with E-state index in [1.807, 2.05) is 18.2 Å². The van der Waals surface area contributed by atoms with Crippen LogP contribution in [0, 0.1) is 0 Å². The zero-order valence-electron chi connectivity index (χ0n) is 14.8. The average molecular weight is 374 g/mol. The number of piperidine rings is 2. The Hall–Kier alpha value is -1.92. The molecule has 2 fully saturated rings. The Morgan fingerprint density at radius 3 is 2.50 bits per heavy atom. The molecule has 0 aliphatic carbocycles. The molecule has 2 saturated heterocycles. The standard InChI is InChI=1S/C19H24ClN5O/c20-14-4-5-16-15(12-14)17(23-13-22-16)24-10-6-19(7-11-24,18(21)26)25-8-2-1-3-9-25/h4-5,12-13H,1-3,6-11H2,(H2,21,26). The number of hydrogen-bond donors (Lipinski definition) is 1. The summed E-state index contributed by atoms with van der Waals surface area (Å²) in [5.41, 5.74) is 6.25. The van der Waals surface area contributed by atoms with E-state index in [0.717, 1.165) is 68.6 Å². The van der Waals surface area contributed by atoms with Crippen LogP contribution in [0.5, 0.6) is 0 Å². The lowest BCUT2D eigenvalue weighted by Crippen LogP contribution is -2.63. The molecule has 1 aromatic carbocycles. The monoisotopic (exact) mass is 373 g/mol. The molecule has 0 spiro atoms. The Labute approximate surface area is 158 Å². The fraction of sp³-hybridized carbons (Fsp3) is 0.526. The van der Waals surface area contributed by atoms with Crippen LogP contribution in [-0.2, 0) is 4.79 Å². The normalized spacial score (nSPS) is 21.0. The molecule has 0 unspecified atom stereocenters. The lowest BCUT2D eigenvalue weighted by Gasteiger charge is -2.48. The number of nitrogens with zero attached hydrogens (tertiary/aromatic N) is 4. The van der Waals surface area contributed by atoms with Crippen molar-refractivity contribution in [1.29, 1.82) is 0 Å². The third kappa shape index (κ3) is 3.01. The van der Waals surface area contributed by atoms with Crippen molar-refractivity contribution in [3.8, 4) is 0 Å². The zero-order valence-corrected chi connectivity index (χ0v) is 15.6. The van der Waals surface area contributed by atoms with E-state index in [-0.39, 0.29) is 5.91 Å². The van der Waals surface area contributed by atoms with Crippen LogP contribution in [0.25, 0.3) is 10.9 Å². The van der Waals surface area contributed by atoms with Gasteiger partial charge in [-0.25, -0.2) is 9.97 Å². The predicted octanol–water partition coefficient (Wildman–Crippen LogP) is 2.59. The number of carbonyl (C=O) groups is 1. The number of aromatic nitrogens is 2. The molecule has 1 aromatic heterocycles. The molecule has 2 N–H and O–H groups in total. The molecule has 3 heterocycles. The van der Waals surface area contributed by atoms with Gasteiger partial charge in [0, 0.05) is 23.5 Å². The first kappa shape index (κ1) is 17.5. The maximum Gasteiger partial charge on any atom is 0.238 e. The van der Waals surface area contributed by atoms with Gasteiger partial charge in [-0.2, -0.15) is 0 Å². The van der Waals surface area contributed by atoms with Crippen molar-refractivity contribution in [1.82, 2.24) is 14.9 Å². The number of carbonyl (C=O) groups excluding carboxylic acids is 1. The molecule has 0 atom stereocenters. The topological polar surface area (TPSA) is 75.4 Å². The minimum atomic E-state index is -0.516. The van der Waals surface area contributed by atoms with E-state index in [9.17, 15) is 4.79 Å². The van der Waals surface area contributed by atoms with E-state index < -0.39 is 5.54 Å². The van der Waals surface area contributed by atoms with Gasteiger partial charge >= 0.3 is 0 Å². The summed E-state index contributed by atoms with van der Waals surface area (Å²) in [6.45, 7) is 3.43. The minimum Gasteiger partial charge on any atom is -0.368 e. The average Bonchev–Trinajstić information content (AvgIpc) is 2.68. The van der Waals surface area contributed by atoms with E-state index >= 15 is 0 Å². The summed E-state index contributed by atoms with van der Waals surface area (Å²) in [7, 11) is 0. The van der Waals surface area contributed by atoms with Crippen LogP contribution in [0.15, 0.2) is 24.5 Å². The lowest BCUT2D eigenvalue weighted by atomic mass is 9.83. The first-order valence-corrected chi connectivity index (χ1v) is 9.68. The summed E-state index contributed by atoms with van der Waals surface area (Å²) in [6, 6.07) is 5.66. The van der Waals surface area contributed by atoms with Gasteiger partial charge in [-0.15, -0.1) is 0 Å². The van der Waals surface area contributed by atoms with Gasteiger partial charge in [0.25, 0.3) is 0 Å². The Balaban J connectivity index is 1.60. The molecule has 138 valence electrons. The highest BCUT2D eigenvalue weighted by atomic mass is 35.5. The maximum atomic E-state index is 12.4. The number of hydrogen-bond acceptors (Lipinski definition) is 5. The Bertz CT molecular complexity index is 813. The molecule has 4 rings (SSSR count). The van der Waals surface area contributed by atoms with Crippen molar-refractivity contribution in [3.63, 3.8) is 0 Å². The number of likely N-dealkylation sites (tertiary alicyclic amines) is 1. The number of rotatable bonds is 3. The number of anilines is 1. The Kier molecular flexibility index (Phi) is 4.71. The number of fused-ring (bicyclic) bond motifs is 1. The van der Waals surface area contributed by atoms with Crippen molar-refractivity contribution in [2.24, 2.45) is 5.73 Å². The van der Waals surface area contributed by atoms with Gasteiger partial charge in [0.05, 0.1) is 5.52 Å². The van der Waals surface area contributed by atoms with Gasteiger partial charge < -0.3 is 10.6 Å². The second-order valence-corrected chi connectivity index (χ2v) is 7.73. The molecule has 1 amide bonds. The van der Waals surface area contributed by atoms with E-state index in [1.165, 1.54) is 6.42 Å². The molecular formula is C19H24ClN5O. The van der Waals surface area contributed by atoms with Crippen molar-refractivity contribution in [2.75, 3.05) is 31.1 Å². The molecule has 0 bridgehead atoms. The molecule has 0 saturated carbocycles. The van der Waals surface area contributed by atoms with Gasteiger partial charge in [0.2, 0.25) is 5.91 Å². The second-order valence-electron chi connectivity index (χ2n) is 7.29. The summed E-state index contributed by atoms with van der Waals surface area (Å²) in [5.74, 6) is 0.698. The first-order chi connectivity index (χ1) is 12.6. The van der Waals surface area contributed by atoms with Crippen LogP contribution in [-0.4, -0.2) is 52.5 Å². The Morgan fingerprint density at radius 1 is 1.08 bits per heavy atom. The van der Waals surface area contributed by atoms with Crippen molar-refractivity contribution >= 4 is 34.2 Å². The molecule has 2 aliphatic rings. The van der Waals surface area contributed by atoms with Gasteiger partial charge in [-0.3, -0.25) is 9.69 Å². The number of amides is 1. The van der Waals surface area contributed by atoms with Gasteiger partial charge in [-0.1, -0.05) is 18.0 Å². The minimum absolute atomic E-state index is 0.186. The van der Waals surface area contributed by atoms with Crippen LogP contribution < -0.4 is 10.6 Å². The van der Waals surface area contributed by atoms with E-state index in [0.29, 0.717) is 5.02 Å². The zero-order chi connectivity index (χ0) is 18.1. The Morgan fingerprint density at radius 2 is 1.81 bits per heavy atom. The summed E-state index contributed by atoms with van der Waals surface area (Å²) in [4.78, 5) is 25.8. The summed E-state index contributed by atoms with van der Waals surface area (Å²) in [5, 5.41) is 1.62. The van der Waals surface area contributed by atoms with E-state index in [2.05, 4.69) is 19.8 Å². The largest absolute Gasteiger partial charge is 0.368 e. The molecule has 7 heteroatoms. The highest BCUT2D eigenvalue weighted by Crippen LogP contribution is 2.35. The highest BCUT2D eigenvalue weighted by Gasteiger charge is 2.45. The summed E-state index contributed by atoms with van der Waals surface area (Å²) < 4.78 is 0. The van der Waals surface area contributed by atoms with Crippen LogP contribution in [0.4, 0.5) is 5.82 Å². The second kappa shape index (κ2) is 7.00. The van der Waals surface area contributed by atoms with Gasteiger partial charge in [-0.05, 0) is 57.0 Å². The molecular weight excluding hydrogens is 350 g/mol. The molecule has 6 nitrogen and oxygen atoms in total. The maximum absolute atomic E-state index is 12.4. The molecule has 0 radical (unpaired) electrons. The van der Waals surface area contributed by atoms with Crippen LogP contribution in [0.2, 0.25) is 5.02 Å². The fourth-order valence-corrected chi connectivity index (χ4v) is 4.57. The smallest absolute Gasteiger partial charge is 0.238 e. The molecule has 2 aliphatic heterocycles. The van der Waals surface area contributed by atoms with E-state index in [4.69, 9.17) is 17.3 Å². The number of halogens is 1. The third-order valence-corrected chi connectivity index (χ3v) is 6.12. The van der Waals surface area contributed by atoms with Crippen molar-refractivity contribution in [3.05, 3.63) is 29.5 Å². The van der Waals surface area contributed by atoms with Crippen LogP contribution in [0.3, 0.4) is 0 Å². The third-order valence-electron chi connectivity index (χ3n) is 5.89. The number of primary amides is 1. The number of benzene rings is 1. The fourth-order valence-electron chi connectivity index (χ4n) is 4.40. The molecule has 2 aromatic rings. The first-order valence-electron chi connectivity index (χ1n) is 9.30. The highest BCUT2D eigenvalue weighted by molar-refractivity contribution is 6.31. The lowest BCUT2D eigenvalue weighted by molar-refractivity contribution is -0.132. The quantitative estimate of drug-likeness (QED) is 0.894. The van der Waals surface area contributed by atoms with Crippen LogP contribution >= 0.6 is 11.6 Å². The molecule has 26 heavy (non-hydrogen) atoms. The predicted molar refractivity (Wildman–Crippen MR) is 103 cm³/mol. The van der Waals surface area contributed by atoms with Crippen molar-refractivity contribution < 1.29 is 4.79 Å². The SMILES string of the molecule is NC(=O)C1(N2CCCCC2)CCN(c2ncnc3ccc(Cl)cc23)CC1. The summed E-state index contributed by atoms with van der Waals surface area (Å²) >= 11 is 6.18. The number of nitrogens with two attached hydrogens (primary N) is 1. The van der Waals surface area contributed by atoms with Crippen LogP contribution in [0.1, 0.15) is 32.1 Å².